The number of aryl methyl sites for hydroxylation is 12. The van der Waals surface area contributed by atoms with Crippen molar-refractivity contribution < 1.29 is 0 Å². The summed E-state index contributed by atoms with van der Waals surface area (Å²) in [6, 6.07) is 23.8. The van der Waals surface area contributed by atoms with Gasteiger partial charge in [0, 0.05) is 0 Å². The molecule has 5 rings (SSSR count). The Labute approximate surface area is 272 Å². The van der Waals surface area contributed by atoms with Crippen molar-refractivity contribution in [1.82, 2.24) is 0 Å². The number of thiophene rings is 1. The fourth-order valence-corrected chi connectivity index (χ4v) is 9.59. The van der Waals surface area contributed by atoms with Gasteiger partial charge in [-0.1, -0.05) is 143 Å². The van der Waals surface area contributed by atoms with Gasteiger partial charge < -0.3 is 0 Å². The van der Waals surface area contributed by atoms with Gasteiger partial charge in [-0.2, -0.15) is 11.3 Å². The Kier molecular flexibility index (Phi) is 9.20. The van der Waals surface area contributed by atoms with E-state index in [0.717, 1.165) is 6.32 Å². The molecule has 0 fully saturated rings. The van der Waals surface area contributed by atoms with Gasteiger partial charge >= 0.3 is 0 Å². The van der Waals surface area contributed by atoms with Crippen LogP contribution in [0, 0.1) is 83.1 Å². The summed E-state index contributed by atoms with van der Waals surface area (Å²) < 4.78 is 1.44. The van der Waals surface area contributed by atoms with Crippen LogP contribution in [0.2, 0.25) is 0 Å². The first-order valence-electron chi connectivity index (χ1n) is 16.1. The molecule has 1 heterocycles. The molecule has 44 heavy (non-hydrogen) atoms. The van der Waals surface area contributed by atoms with Gasteiger partial charge in [0.1, 0.15) is 0 Å². The van der Waals surface area contributed by atoms with Crippen LogP contribution in [0.1, 0.15) is 71.6 Å². The van der Waals surface area contributed by atoms with E-state index in [-0.39, 0.29) is 6.71 Å². The Morgan fingerprint density at radius 1 is 0.409 bits per heavy atom. The molecule has 0 atom stereocenters. The average molecular weight is 595 g/mol. The van der Waals surface area contributed by atoms with Crippen LogP contribution in [-0.4, -0.2) is 13.4 Å². The first kappa shape index (κ1) is 32.1. The molecule has 0 aliphatic heterocycles. The van der Waals surface area contributed by atoms with Gasteiger partial charge in [-0.15, -0.1) is 0 Å². The minimum atomic E-state index is 0.221. The van der Waals surface area contributed by atoms with Crippen LogP contribution >= 0.6 is 11.3 Å². The highest BCUT2D eigenvalue weighted by atomic mass is 32.1. The number of hydrogen-bond donors (Lipinski definition) is 0. The molecule has 0 radical (unpaired) electrons. The van der Waals surface area contributed by atoms with E-state index in [1.165, 1.54) is 98.3 Å². The lowest BCUT2D eigenvalue weighted by atomic mass is 9.35. The maximum absolute atomic E-state index is 2.43. The minimum Gasteiger partial charge on any atom is -0.155 e. The Balaban J connectivity index is 1.69. The third-order valence-electron chi connectivity index (χ3n) is 9.60. The van der Waals surface area contributed by atoms with Crippen molar-refractivity contribution in [2.45, 2.75) is 89.4 Å². The molecule has 0 saturated carbocycles. The van der Waals surface area contributed by atoms with Gasteiger partial charge in [-0.3, -0.25) is 0 Å². The fraction of sp³-hybridized carbons (Fsp3) is 0.317. The van der Waals surface area contributed by atoms with Crippen LogP contribution in [-0.2, 0) is 6.32 Å². The second kappa shape index (κ2) is 12.6. The number of rotatable bonds is 7. The van der Waals surface area contributed by atoms with Crippen LogP contribution in [0.25, 0.3) is 0 Å². The lowest BCUT2D eigenvalue weighted by Gasteiger charge is -2.24. The van der Waals surface area contributed by atoms with Crippen molar-refractivity contribution in [3.05, 3.63) is 132 Å². The monoisotopic (exact) mass is 594 g/mol. The van der Waals surface area contributed by atoms with Gasteiger partial charge in [-0.25, -0.2) is 0 Å². The molecule has 0 aliphatic rings. The summed E-state index contributed by atoms with van der Waals surface area (Å²) in [5, 5.41) is 0. The highest BCUT2D eigenvalue weighted by Gasteiger charge is 2.32. The maximum atomic E-state index is 2.43. The van der Waals surface area contributed by atoms with E-state index >= 15 is 0 Å². The van der Waals surface area contributed by atoms with Crippen LogP contribution < -0.4 is 26.6 Å². The molecule has 0 bridgehead atoms. The molecule has 0 spiro atoms. The Bertz CT molecular complexity index is 1670. The summed E-state index contributed by atoms with van der Waals surface area (Å²) in [5.74, 6) is 0. The van der Waals surface area contributed by atoms with E-state index in [1.807, 2.05) is 11.3 Å². The summed E-state index contributed by atoms with van der Waals surface area (Å²) in [7, 11) is 0. The van der Waals surface area contributed by atoms with Gasteiger partial charge in [0.2, 0.25) is 6.71 Å². The van der Waals surface area contributed by atoms with E-state index < -0.39 is 0 Å². The molecule has 5 aromatic rings. The van der Waals surface area contributed by atoms with Crippen LogP contribution in [0.5, 0.6) is 0 Å². The largest absolute Gasteiger partial charge is 0.255 e. The molecule has 0 saturated heterocycles. The summed E-state index contributed by atoms with van der Waals surface area (Å²) in [6.45, 7) is 27.9. The first-order valence-corrected chi connectivity index (χ1v) is 17.0. The number of benzene rings is 4. The second-order valence-corrected chi connectivity index (χ2v) is 14.9. The van der Waals surface area contributed by atoms with E-state index in [2.05, 4.69) is 144 Å². The van der Waals surface area contributed by atoms with E-state index in [4.69, 9.17) is 0 Å². The average Bonchev–Trinajstić information content (AvgIpc) is 3.33. The molecule has 4 aromatic carbocycles. The van der Waals surface area contributed by atoms with Crippen molar-refractivity contribution in [2.75, 3.05) is 0 Å². The Hall–Kier alpha value is -3.29. The normalized spacial score (nSPS) is 11.3. The van der Waals surface area contributed by atoms with Crippen molar-refractivity contribution in [2.24, 2.45) is 0 Å². The summed E-state index contributed by atoms with van der Waals surface area (Å²) in [4.78, 5) is 1.46. The van der Waals surface area contributed by atoms with E-state index in [9.17, 15) is 0 Å². The van der Waals surface area contributed by atoms with Gasteiger partial charge in [0.15, 0.2) is 0 Å². The van der Waals surface area contributed by atoms with Crippen molar-refractivity contribution in [3.63, 3.8) is 0 Å². The highest BCUT2D eigenvalue weighted by molar-refractivity contribution is 7.27. The Morgan fingerprint density at radius 2 is 0.705 bits per heavy atom. The van der Waals surface area contributed by atoms with Gasteiger partial charge in [0.05, 0.1) is 0 Å². The quantitative estimate of drug-likeness (QED) is 0.173. The zero-order valence-electron chi connectivity index (χ0n) is 29.0. The lowest BCUT2D eigenvalue weighted by molar-refractivity contribution is 1.32. The Morgan fingerprint density at radius 3 is 1.02 bits per heavy atom. The van der Waals surface area contributed by atoms with Crippen molar-refractivity contribution in [3.8, 4) is 0 Å². The van der Waals surface area contributed by atoms with Crippen molar-refractivity contribution >= 4 is 51.4 Å². The molecule has 0 aliphatic carbocycles. The lowest BCUT2D eigenvalue weighted by Crippen LogP contribution is -2.55. The molecule has 224 valence electrons. The zero-order chi connectivity index (χ0) is 32.0. The predicted octanol–water partition coefficient (Wildman–Crippen LogP) is 7.36. The van der Waals surface area contributed by atoms with Crippen molar-refractivity contribution in [1.29, 1.82) is 0 Å². The summed E-state index contributed by atoms with van der Waals surface area (Å²) in [5.41, 5.74) is 22.4. The topological polar surface area (TPSA) is 0 Å². The smallest absolute Gasteiger partial charge is 0.155 e. The molecule has 0 amide bonds. The fourth-order valence-electron chi connectivity index (χ4n) is 8.41. The molecule has 3 heteroatoms. The summed E-state index contributed by atoms with van der Waals surface area (Å²) in [6.07, 6.45) is 1.00. The van der Waals surface area contributed by atoms with E-state index in [1.54, 1.807) is 0 Å². The van der Waals surface area contributed by atoms with Crippen LogP contribution in [0.3, 0.4) is 0 Å². The third-order valence-corrected chi connectivity index (χ3v) is 10.8. The molecule has 0 unspecified atom stereocenters. The maximum Gasteiger partial charge on any atom is 0.255 e. The first-order chi connectivity index (χ1) is 20.7. The highest BCUT2D eigenvalue weighted by Crippen LogP contribution is 2.20. The standard InChI is InChI=1S/C41H48B2S/c1-24-15-28(5)38(29(6)16-24)42(39-30(7)17-25(2)18-31(39)8)23-36-13-14-37(44-36)43(40-32(9)19-26(3)20-33(40)10)41-34(11)21-27(4)22-35(41)12/h13-22H,23H2,1-12H3. The zero-order valence-corrected chi connectivity index (χ0v) is 29.9. The van der Waals surface area contributed by atoms with Crippen LogP contribution in [0.4, 0.5) is 0 Å². The van der Waals surface area contributed by atoms with Crippen LogP contribution in [0.15, 0.2) is 60.7 Å². The molecule has 0 N–H and O–H groups in total. The third kappa shape index (κ3) is 6.27. The molecular weight excluding hydrogens is 546 g/mol. The van der Waals surface area contributed by atoms with Gasteiger partial charge in [0.25, 0.3) is 6.71 Å². The van der Waals surface area contributed by atoms with E-state index in [0.29, 0.717) is 6.71 Å². The summed E-state index contributed by atoms with van der Waals surface area (Å²) >= 11 is 2.02. The van der Waals surface area contributed by atoms with Gasteiger partial charge in [-0.05, 0) is 105 Å². The minimum absolute atomic E-state index is 0.221. The second-order valence-electron chi connectivity index (χ2n) is 13.7. The predicted molar refractivity (Wildman–Crippen MR) is 200 cm³/mol. The molecular formula is C41H48B2S. The number of hydrogen-bond acceptors (Lipinski definition) is 1. The SMILES string of the molecule is Cc1cc(C)c(B(Cc2ccc(B(c3c(C)cc(C)cc3C)c3c(C)cc(C)cc3C)s2)c2c(C)cc(C)cc2C)c(C)c1. The molecule has 1 aromatic heterocycles. The molecule has 0 nitrogen and oxygen atoms in total.